The monoisotopic (exact) mass is 507 g/mol. The number of alkyl halides is 3. The Hall–Kier alpha value is -4.20. The third kappa shape index (κ3) is 6.14. The zero-order chi connectivity index (χ0) is 26.6. The van der Waals surface area contributed by atoms with Gasteiger partial charge in [-0.1, -0.05) is 42.5 Å². The first-order chi connectivity index (χ1) is 17.5. The molecule has 1 heterocycles. The van der Waals surface area contributed by atoms with E-state index in [1.807, 2.05) is 43.3 Å². The first-order valence-corrected chi connectivity index (χ1v) is 11.6. The van der Waals surface area contributed by atoms with Gasteiger partial charge < -0.3 is 10.6 Å². The van der Waals surface area contributed by atoms with Crippen molar-refractivity contribution < 1.29 is 22.4 Å². The lowest BCUT2D eigenvalue weighted by molar-refractivity contribution is -0.137. The number of anilines is 1. The van der Waals surface area contributed by atoms with Crippen LogP contribution in [0.5, 0.6) is 0 Å². The van der Waals surface area contributed by atoms with E-state index in [9.17, 15) is 22.4 Å². The van der Waals surface area contributed by atoms with Crippen LogP contribution >= 0.6 is 0 Å². The van der Waals surface area contributed by atoms with Gasteiger partial charge in [0.05, 0.1) is 11.3 Å². The Bertz CT molecular complexity index is 1370. The van der Waals surface area contributed by atoms with Gasteiger partial charge in [-0.3, -0.25) is 4.98 Å². The minimum Gasteiger partial charge on any atom is -0.322 e. The number of aryl methyl sites for hydroxylation is 2. The third-order valence-electron chi connectivity index (χ3n) is 5.96. The summed E-state index contributed by atoms with van der Waals surface area (Å²) in [6.45, 7) is 3.64. The van der Waals surface area contributed by atoms with Crippen LogP contribution < -0.4 is 10.6 Å². The summed E-state index contributed by atoms with van der Waals surface area (Å²) in [5.74, 6) is -0.465. The van der Waals surface area contributed by atoms with Gasteiger partial charge >= 0.3 is 12.2 Å². The van der Waals surface area contributed by atoms with E-state index in [1.165, 1.54) is 30.3 Å². The molecule has 37 heavy (non-hydrogen) atoms. The number of amides is 2. The summed E-state index contributed by atoms with van der Waals surface area (Å²) in [6, 6.07) is 22.2. The fraction of sp³-hybridized carbons (Fsp3) is 0.172. The minimum absolute atomic E-state index is 0.127. The van der Waals surface area contributed by atoms with E-state index in [4.69, 9.17) is 0 Å². The molecule has 4 rings (SSSR count). The molecule has 1 unspecified atom stereocenters. The molecule has 0 fully saturated rings. The topological polar surface area (TPSA) is 54.0 Å². The van der Waals surface area contributed by atoms with Crippen molar-refractivity contribution in [1.82, 2.24) is 10.3 Å². The number of hydrogen-bond acceptors (Lipinski definition) is 2. The number of pyridine rings is 1. The molecule has 0 aliphatic heterocycles. The molecule has 2 amide bonds. The Labute approximate surface area is 212 Å². The molecule has 0 saturated heterocycles. The van der Waals surface area contributed by atoms with Crippen molar-refractivity contribution in [2.24, 2.45) is 0 Å². The predicted molar refractivity (Wildman–Crippen MR) is 135 cm³/mol. The van der Waals surface area contributed by atoms with E-state index < -0.39 is 29.1 Å². The third-order valence-corrected chi connectivity index (χ3v) is 5.96. The molecule has 4 nitrogen and oxygen atoms in total. The number of benzene rings is 3. The number of urea groups is 1. The maximum absolute atomic E-state index is 13.8. The van der Waals surface area contributed by atoms with E-state index in [0.29, 0.717) is 17.1 Å². The van der Waals surface area contributed by atoms with Gasteiger partial charge in [-0.2, -0.15) is 13.2 Å². The van der Waals surface area contributed by atoms with Crippen molar-refractivity contribution in [3.05, 3.63) is 130 Å². The molecule has 1 aromatic heterocycles. The van der Waals surface area contributed by atoms with E-state index in [0.717, 1.165) is 23.3 Å². The van der Waals surface area contributed by atoms with Crippen LogP contribution in [0.2, 0.25) is 0 Å². The maximum atomic E-state index is 13.8. The molecule has 0 aliphatic carbocycles. The Balaban J connectivity index is 1.90. The summed E-state index contributed by atoms with van der Waals surface area (Å²) in [4.78, 5) is 18.0. The summed E-state index contributed by atoms with van der Waals surface area (Å²) >= 11 is 0. The molecule has 4 aromatic rings. The number of aromatic nitrogens is 1. The normalized spacial score (nSPS) is 13.0. The SMILES string of the molecule is Cc1cc(C)nc(C(Cc2ccccc2)(NC(=O)Nc2ccc(F)cc2)c2cccc(C(F)(F)F)c2)c1. The molecule has 190 valence electrons. The average molecular weight is 508 g/mol. The van der Waals surface area contributed by atoms with Crippen LogP contribution in [-0.4, -0.2) is 11.0 Å². The lowest BCUT2D eigenvalue weighted by Gasteiger charge is -2.36. The van der Waals surface area contributed by atoms with Gasteiger partial charge in [0.25, 0.3) is 0 Å². The standard InChI is InChI=1S/C29H25F4N3O/c1-19-15-20(2)34-26(16-19)28(18-21-7-4-3-5-8-21,22-9-6-10-23(17-22)29(31,32)33)36-27(37)35-25-13-11-24(30)12-14-25/h3-17H,18H2,1-2H3,(H2,35,36,37). The lowest BCUT2D eigenvalue weighted by Crippen LogP contribution is -2.51. The van der Waals surface area contributed by atoms with Gasteiger partial charge in [0.15, 0.2) is 0 Å². The maximum Gasteiger partial charge on any atom is 0.416 e. The highest BCUT2D eigenvalue weighted by Crippen LogP contribution is 2.37. The molecular formula is C29H25F4N3O. The summed E-state index contributed by atoms with van der Waals surface area (Å²) in [5, 5.41) is 5.59. The second-order valence-corrected chi connectivity index (χ2v) is 8.90. The van der Waals surface area contributed by atoms with Gasteiger partial charge in [-0.25, -0.2) is 9.18 Å². The summed E-state index contributed by atoms with van der Waals surface area (Å²) in [7, 11) is 0. The highest BCUT2D eigenvalue weighted by molar-refractivity contribution is 5.90. The zero-order valence-electron chi connectivity index (χ0n) is 20.2. The van der Waals surface area contributed by atoms with Crippen molar-refractivity contribution in [3.63, 3.8) is 0 Å². The first kappa shape index (κ1) is 25.9. The molecule has 2 N–H and O–H groups in total. The fourth-order valence-electron chi connectivity index (χ4n) is 4.33. The highest BCUT2D eigenvalue weighted by atomic mass is 19.4. The first-order valence-electron chi connectivity index (χ1n) is 11.6. The quantitative estimate of drug-likeness (QED) is 0.272. The Morgan fingerprint density at radius 1 is 0.838 bits per heavy atom. The predicted octanol–water partition coefficient (Wildman–Crippen LogP) is 7.16. The van der Waals surface area contributed by atoms with Crippen molar-refractivity contribution in [3.8, 4) is 0 Å². The molecule has 0 radical (unpaired) electrons. The Kier molecular flexibility index (Phi) is 7.29. The minimum atomic E-state index is -4.58. The molecule has 1 atom stereocenters. The molecular weight excluding hydrogens is 482 g/mol. The van der Waals surface area contributed by atoms with Crippen LogP contribution in [0.15, 0.2) is 91.0 Å². The fourth-order valence-corrected chi connectivity index (χ4v) is 4.33. The Morgan fingerprint density at radius 3 is 2.16 bits per heavy atom. The molecule has 0 aliphatic rings. The van der Waals surface area contributed by atoms with Crippen LogP contribution in [-0.2, 0) is 18.1 Å². The van der Waals surface area contributed by atoms with Crippen LogP contribution in [0.4, 0.5) is 28.0 Å². The van der Waals surface area contributed by atoms with Crippen molar-refractivity contribution in [2.45, 2.75) is 32.0 Å². The van der Waals surface area contributed by atoms with Crippen molar-refractivity contribution in [2.75, 3.05) is 5.32 Å². The second kappa shape index (κ2) is 10.4. The van der Waals surface area contributed by atoms with Gasteiger partial charge in [0, 0.05) is 17.8 Å². The number of rotatable bonds is 6. The summed E-state index contributed by atoms with van der Waals surface area (Å²) < 4.78 is 54.6. The number of carbonyl (C=O) groups is 1. The molecule has 8 heteroatoms. The van der Waals surface area contributed by atoms with Crippen molar-refractivity contribution >= 4 is 11.7 Å². The van der Waals surface area contributed by atoms with Gasteiger partial charge in [0.1, 0.15) is 11.4 Å². The molecule has 3 aromatic carbocycles. The Morgan fingerprint density at radius 2 is 1.51 bits per heavy atom. The average Bonchev–Trinajstić information content (AvgIpc) is 2.84. The van der Waals surface area contributed by atoms with E-state index in [2.05, 4.69) is 15.6 Å². The number of hydrogen-bond donors (Lipinski definition) is 2. The number of carbonyl (C=O) groups excluding carboxylic acids is 1. The van der Waals surface area contributed by atoms with Gasteiger partial charge in [-0.15, -0.1) is 0 Å². The van der Waals surface area contributed by atoms with E-state index >= 15 is 0 Å². The molecule has 0 spiro atoms. The smallest absolute Gasteiger partial charge is 0.322 e. The molecule has 0 bridgehead atoms. The number of nitrogens with zero attached hydrogens (tertiary/aromatic N) is 1. The van der Waals surface area contributed by atoms with Gasteiger partial charge in [0.2, 0.25) is 0 Å². The molecule has 0 saturated carbocycles. The van der Waals surface area contributed by atoms with E-state index in [-0.39, 0.29) is 12.0 Å². The van der Waals surface area contributed by atoms with Crippen LogP contribution in [0.3, 0.4) is 0 Å². The summed E-state index contributed by atoms with van der Waals surface area (Å²) in [6.07, 6.45) is -4.46. The lowest BCUT2D eigenvalue weighted by atomic mass is 9.79. The van der Waals surface area contributed by atoms with Gasteiger partial charge in [-0.05, 0) is 79.1 Å². The number of nitrogens with one attached hydrogen (secondary N) is 2. The summed E-state index contributed by atoms with van der Waals surface area (Å²) in [5.41, 5.74) is 0.900. The van der Waals surface area contributed by atoms with Crippen molar-refractivity contribution in [1.29, 1.82) is 0 Å². The number of halogens is 4. The highest BCUT2D eigenvalue weighted by Gasteiger charge is 2.40. The zero-order valence-corrected chi connectivity index (χ0v) is 20.2. The van der Waals surface area contributed by atoms with Crippen LogP contribution in [0.1, 0.15) is 33.6 Å². The van der Waals surface area contributed by atoms with Crippen LogP contribution in [0, 0.1) is 19.7 Å². The van der Waals surface area contributed by atoms with E-state index in [1.54, 1.807) is 19.1 Å². The second-order valence-electron chi connectivity index (χ2n) is 8.90. The van der Waals surface area contributed by atoms with Crippen LogP contribution in [0.25, 0.3) is 0 Å². The largest absolute Gasteiger partial charge is 0.416 e.